The maximum atomic E-state index is 2.37. The molecule has 0 saturated carbocycles. The van der Waals surface area contributed by atoms with Gasteiger partial charge in [-0.3, -0.25) is 0 Å². The van der Waals surface area contributed by atoms with Gasteiger partial charge in [-0.2, -0.15) is 0 Å². The largest absolute Gasteiger partial charge is 0.0651 e. The topological polar surface area (TPSA) is 0 Å². The Hall–Kier alpha value is -2.60. The third kappa shape index (κ3) is 5.51. The van der Waals surface area contributed by atoms with E-state index in [0.717, 1.165) is 12.8 Å². The zero-order valence-electron chi connectivity index (χ0n) is 19.1. The molecule has 156 valence electrons. The highest BCUT2D eigenvalue weighted by Gasteiger charge is 2.12. The van der Waals surface area contributed by atoms with Gasteiger partial charge in [0.05, 0.1) is 0 Å². The summed E-state index contributed by atoms with van der Waals surface area (Å²) >= 11 is 0. The third-order valence-corrected chi connectivity index (χ3v) is 6.32. The SMILES string of the molecule is CCC(C)CC(c1ccccc1)=c1ccccc1=C(CC(C)CC)c1ccccc1. The molecule has 0 radical (unpaired) electrons. The molecule has 0 heterocycles. The summed E-state index contributed by atoms with van der Waals surface area (Å²) in [5.74, 6) is 1.31. The summed E-state index contributed by atoms with van der Waals surface area (Å²) in [6.07, 6.45) is 4.59. The lowest BCUT2D eigenvalue weighted by molar-refractivity contribution is 0.577. The third-order valence-electron chi connectivity index (χ3n) is 6.32. The van der Waals surface area contributed by atoms with Crippen LogP contribution in [0.4, 0.5) is 0 Å². The van der Waals surface area contributed by atoms with Gasteiger partial charge in [0.25, 0.3) is 0 Å². The Kier molecular flexibility index (Phi) is 8.08. The molecule has 0 amide bonds. The highest BCUT2D eigenvalue weighted by atomic mass is 14.2. The van der Waals surface area contributed by atoms with Gasteiger partial charge in [-0.1, -0.05) is 125 Å². The van der Waals surface area contributed by atoms with Crippen molar-refractivity contribution >= 4 is 11.1 Å². The van der Waals surface area contributed by atoms with Crippen LogP contribution in [0.25, 0.3) is 11.1 Å². The van der Waals surface area contributed by atoms with Crippen molar-refractivity contribution < 1.29 is 0 Å². The molecule has 3 rings (SSSR count). The Labute approximate surface area is 183 Å². The van der Waals surface area contributed by atoms with Crippen molar-refractivity contribution in [2.75, 3.05) is 0 Å². The van der Waals surface area contributed by atoms with E-state index in [1.165, 1.54) is 45.6 Å². The van der Waals surface area contributed by atoms with Crippen LogP contribution < -0.4 is 10.4 Å². The van der Waals surface area contributed by atoms with Gasteiger partial charge in [0.2, 0.25) is 0 Å². The minimum atomic E-state index is 0.656. The van der Waals surface area contributed by atoms with Gasteiger partial charge in [0, 0.05) is 0 Å². The molecule has 2 atom stereocenters. The first-order valence-electron chi connectivity index (χ1n) is 11.6. The molecular formula is C30H36. The van der Waals surface area contributed by atoms with Gasteiger partial charge in [-0.05, 0) is 57.4 Å². The number of rotatable bonds is 8. The molecule has 3 aromatic carbocycles. The van der Waals surface area contributed by atoms with Crippen molar-refractivity contribution in [2.45, 2.75) is 53.4 Å². The fourth-order valence-corrected chi connectivity index (χ4v) is 4.04. The maximum absolute atomic E-state index is 2.37. The molecule has 0 aliphatic rings. The Morgan fingerprint density at radius 2 is 0.867 bits per heavy atom. The van der Waals surface area contributed by atoms with Crippen LogP contribution in [-0.4, -0.2) is 0 Å². The highest BCUT2D eigenvalue weighted by molar-refractivity contribution is 5.70. The van der Waals surface area contributed by atoms with Gasteiger partial charge < -0.3 is 0 Å². The van der Waals surface area contributed by atoms with Crippen LogP contribution in [0.15, 0.2) is 84.9 Å². The first-order chi connectivity index (χ1) is 14.6. The van der Waals surface area contributed by atoms with Crippen molar-refractivity contribution in [1.29, 1.82) is 0 Å². The molecule has 0 nitrogen and oxygen atoms in total. The summed E-state index contributed by atoms with van der Waals surface area (Å²) in [7, 11) is 0. The summed E-state index contributed by atoms with van der Waals surface area (Å²) in [5.41, 5.74) is 5.64. The van der Waals surface area contributed by atoms with Gasteiger partial charge in [0.1, 0.15) is 0 Å². The molecular weight excluding hydrogens is 360 g/mol. The van der Waals surface area contributed by atoms with E-state index in [-0.39, 0.29) is 0 Å². The Bertz CT molecular complexity index is 942. The summed E-state index contributed by atoms with van der Waals surface area (Å²) in [5, 5.41) is 2.79. The van der Waals surface area contributed by atoms with Gasteiger partial charge >= 0.3 is 0 Å². The standard InChI is InChI=1S/C30H36/c1-5-23(3)21-29(25-15-9-7-10-16-25)27-19-13-14-20-28(27)30(22-24(4)6-2)26-17-11-8-12-18-26/h7-20,23-24H,5-6,21-22H2,1-4H3. The van der Waals surface area contributed by atoms with E-state index >= 15 is 0 Å². The molecule has 0 heteroatoms. The molecule has 0 fully saturated rings. The molecule has 0 aliphatic heterocycles. The predicted octanol–water partition coefficient (Wildman–Crippen LogP) is 6.96. The van der Waals surface area contributed by atoms with E-state index in [4.69, 9.17) is 0 Å². The Morgan fingerprint density at radius 3 is 1.20 bits per heavy atom. The summed E-state index contributed by atoms with van der Waals surface area (Å²) in [6.45, 7) is 9.33. The van der Waals surface area contributed by atoms with E-state index in [1.54, 1.807) is 0 Å². The molecule has 0 N–H and O–H groups in total. The van der Waals surface area contributed by atoms with Crippen LogP contribution in [-0.2, 0) is 0 Å². The highest BCUT2D eigenvalue weighted by Crippen LogP contribution is 2.23. The minimum absolute atomic E-state index is 0.656. The maximum Gasteiger partial charge on any atom is -0.0143 e. The van der Waals surface area contributed by atoms with Crippen LogP contribution >= 0.6 is 0 Å². The molecule has 0 spiro atoms. The fourth-order valence-electron chi connectivity index (χ4n) is 4.04. The second-order valence-electron chi connectivity index (χ2n) is 8.67. The summed E-state index contributed by atoms with van der Waals surface area (Å²) < 4.78 is 0. The first kappa shape index (κ1) is 22.1. The summed E-state index contributed by atoms with van der Waals surface area (Å²) in [4.78, 5) is 0. The smallest absolute Gasteiger partial charge is 0.0143 e. The van der Waals surface area contributed by atoms with Crippen molar-refractivity contribution in [3.8, 4) is 0 Å². The van der Waals surface area contributed by atoms with Crippen LogP contribution in [0.5, 0.6) is 0 Å². The monoisotopic (exact) mass is 396 g/mol. The van der Waals surface area contributed by atoms with Gasteiger partial charge in [0.15, 0.2) is 0 Å². The van der Waals surface area contributed by atoms with E-state index in [0.29, 0.717) is 11.8 Å². The van der Waals surface area contributed by atoms with Crippen LogP contribution in [0.3, 0.4) is 0 Å². The lowest BCUT2D eigenvalue weighted by Crippen LogP contribution is -2.30. The molecule has 0 aliphatic carbocycles. The fraction of sp³-hybridized carbons (Fsp3) is 0.333. The number of benzene rings is 3. The van der Waals surface area contributed by atoms with Crippen LogP contribution in [0, 0.1) is 11.8 Å². The van der Waals surface area contributed by atoms with Crippen molar-refractivity contribution in [2.24, 2.45) is 11.8 Å². The first-order valence-corrected chi connectivity index (χ1v) is 11.6. The van der Waals surface area contributed by atoms with Crippen molar-refractivity contribution in [3.63, 3.8) is 0 Å². The van der Waals surface area contributed by atoms with Gasteiger partial charge in [-0.15, -0.1) is 0 Å². The Morgan fingerprint density at radius 1 is 0.533 bits per heavy atom. The lowest BCUT2D eigenvalue weighted by Gasteiger charge is -2.17. The van der Waals surface area contributed by atoms with E-state index in [9.17, 15) is 0 Å². The van der Waals surface area contributed by atoms with Crippen molar-refractivity contribution in [1.82, 2.24) is 0 Å². The van der Waals surface area contributed by atoms with E-state index < -0.39 is 0 Å². The second-order valence-corrected chi connectivity index (χ2v) is 8.67. The molecule has 0 aromatic heterocycles. The van der Waals surface area contributed by atoms with Crippen molar-refractivity contribution in [3.05, 3.63) is 106 Å². The zero-order chi connectivity index (χ0) is 21.3. The molecule has 0 bridgehead atoms. The van der Waals surface area contributed by atoms with E-state index in [1.807, 2.05) is 0 Å². The predicted molar refractivity (Wildman–Crippen MR) is 132 cm³/mol. The second kappa shape index (κ2) is 11.0. The zero-order valence-corrected chi connectivity index (χ0v) is 19.1. The number of hydrogen-bond donors (Lipinski definition) is 0. The molecule has 0 saturated heterocycles. The molecule has 30 heavy (non-hydrogen) atoms. The average Bonchev–Trinajstić information content (AvgIpc) is 2.81. The van der Waals surface area contributed by atoms with Crippen LogP contribution in [0.2, 0.25) is 0 Å². The Balaban J connectivity index is 2.39. The minimum Gasteiger partial charge on any atom is -0.0651 e. The van der Waals surface area contributed by atoms with Crippen LogP contribution in [0.1, 0.15) is 64.5 Å². The summed E-state index contributed by atoms with van der Waals surface area (Å²) in [6, 6.07) is 31.0. The van der Waals surface area contributed by atoms with E-state index in [2.05, 4.69) is 113 Å². The lowest BCUT2D eigenvalue weighted by atomic mass is 9.88. The normalized spacial score (nSPS) is 15.3. The average molecular weight is 397 g/mol. The molecule has 2 unspecified atom stereocenters. The quantitative estimate of drug-likeness (QED) is 0.386. The number of hydrogen-bond acceptors (Lipinski definition) is 0. The van der Waals surface area contributed by atoms with Gasteiger partial charge in [-0.25, -0.2) is 0 Å². The molecule has 3 aromatic rings.